The van der Waals surface area contributed by atoms with Crippen LogP contribution < -0.4 is 9.80 Å². The molecule has 0 aliphatic carbocycles. The second kappa shape index (κ2) is 22.6. The van der Waals surface area contributed by atoms with Crippen molar-refractivity contribution in [2.75, 3.05) is 9.80 Å². The molecule has 0 aliphatic heterocycles. The molecule has 0 spiro atoms. The molecule has 0 aromatic heterocycles. The average molecular weight is 905 g/mol. The molecule has 70 heavy (non-hydrogen) atoms. The van der Waals surface area contributed by atoms with Crippen LogP contribution in [-0.4, -0.2) is 0 Å². The van der Waals surface area contributed by atoms with Crippen molar-refractivity contribution >= 4 is 58.2 Å². The lowest BCUT2D eigenvalue weighted by molar-refractivity contribution is 1.10. The third kappa shape index (κ3) is 11.1. The van der Waals surface area contributed by atoms with E-state index in [9.17, 15) is 0 Å². The summed E-state index contributed by atoms with van der Waals surface area (Å²) in [6.45, 7) is 8.90. The zero-order valence-corrected chi connectivity index (χ0v) is 40.7. The van der Waals surface area contributed by atoms with Crippen molar-refractivity contribution in [3.8, 4) is 0 Å². The Morgan fingerprint density at radius 3 is 0.857 bits per heavy atom. The molecule has 0 atom stereocenters. The molecule has 0 fully saturated rings. The average Bonchev–Trinajstić information content (AvgIpc) is 3.42. The summed E-state index contributed by atoms with van der Waals surface area (Å²) in [5.74, 6) is 0. The van der Waals surface area contributed by atoms with Crippen LogP contribution in [0.5, 0.6) is 0 Å². The smallest absolute Gasteiger partial charge is 0.0516 e. The van der Waals surface area contributed by atoms with Gasteiger partial charge in [-0.3, -0.25) is 0 Å². The maximum absolute atomic E-state index is 2.38. The summed E-state index contributed by atoms with van der Waals surface area (Å²) >= 11 is 0. The van der Waals surface area contributed by atoms with Crippen molar-refractivity contribution in [3.63, 3.8) is 0 Å². The van der Waals surface area contributed by atoms with Gasteiger partial charge in [0, 0.05) is 34.9 Å². The highest BCUT2D eigenvalue weighted by Crippen LogP contribution is 2.38. The van der Waals surface area contributed by atoms with Crippen molar-refractivity contribution < 1.29 is 0 Å². The number of hydrogen-bond acceptors (Lipinski definition) is 2. The second-order valence-corrected chi connectivity index (χ2v) is 17.7. The van der Waals surface area contributed by atoms with Crippen molar-refractivity contribution in [2.24, 2.45) is 0 Å². The number of aryl methyl sites for hydroxylation is 4. The molecule has 9 aromatic carbocycles. The number of rotatable bonds is 16. The molecule has 0 unspecified atom stereocenters. The molecule has 9 aromatic rings. The molecule has 2 nitrogen and oxygen atoms in total. The highest BCUT2D eigenvalue weighted by Gasteiger charge is 2.18. The Hall–Kier alpha value is -8.46. The molecule has 0 N–H and O–H groups in total. The number of benzene rings is 9. The van der Waals surface area contributed by atoms with E-state index in [1.165, 1.54) is 67.0 Å². The summed E-state index contributed by atoms with van der Waals surface area (Å²) in [6.07, 6.45) is 15.3. The molecule has 0 radical (unpaired) electrons. The van der Waals surface area contributed by atoms with Crippen molar-refractivity contribution in [1.29, 1.82) is 0 Å². The predicted octanol–water partition coefficient (Wildman–Crippen LogP) is 18.2. The van der Waals surface area contributed by atoms with E-state index < -0.39 is 0 Å². The first-order valence-electron chi connectivity index (χ1n) is 24.5. The number of nitrogens with zero attached hydrogens (tertiary/aromatic N) is 2. The highest BCUT2D eigenvalue weighted by molar-refractivity contribution is 5.87. The lowest BCUT2D eigenvalue weighted by atomic mass is 9.97. The first-order chi connectivity index (χ1) is 34.4. The van der Waals surface area contributed by atoms with E-state index in [1.54, 1.807) is 0 Å². The maximum atomic E-state index is 2.38. The van der Waals surface area contributed by atoms with Gasteiger partial charge in [-0.15, -0.1) is 0 Å². The van der Waals surface area contributed by atoms with Gasteiger partial charge in [0.15, 0.2) is 0 Å². The van der Waals surface area contributed by atoms with Crippen LogP contribution in [-0.2, 0) is 12.8 Å². The molecule has 9 rings (SSSR count). The van der Waals surface area contributed by atoms with E-state index in [-0.39, 0.29) is 0 Å². The SMILES string of the molecule is CCc1cccc(C)c1N(C=C(c1ccccc1)c1ccccc1)c1ccc(/C=C/c2ccc(/C=C/c3ccc(N(C=C(c4ccccc4)c4ccccc4)c4c(C)cccc4CC)cc3)cc2)cc1. The van der Waals surface area contributed by atoms with Gasteiger partial charge >= 0.3 is 0 Å². The van der Waals surface area contributed by atoms with Crippen molar-refractivity contribution in [1.82, 2.24) is 0 Å². The number of hydrogen-bond donors (Lipinski definition) is 0. The molecule has 0 saturated heterocycles. The topological polar surface area (TPSA) is 6.48 Å². The molecule has 2 heteroatoms. The lowest BCUT2D eigenvalue weighted by Gasteiger charge is -2.27. The Labute approximate surface area is 416 Å². The Balaban J connectivity index is 0.942. The minimum Gasteiger partial charge on any atom is -0.316 e. The lowest BCUT2D eigenvalue weighted by Crippen LogP contribution is -2.14. The number of para-hydroxylation sites is 2. The Kier molecular flexibility index (Phi) is 15.0. The van der Waals surface area contributed by atoms with Gasteiger partial charge in [0.2, 0.25) is 0 Å². The molecule has 342 valence electrons. The van der Waals surface area contributed by atoms with Crippen LogP contribution in [0.1, 0.15) is 80.6 Å². The van der Waals surface area contributed by atoms with Gasteiger partial charge in [-0.1, -0.05) is 244 Å². The summed E-state index contributed by atoms with van der Waals surface area (Å²) < 4.78 is 0. The Morgan fingerprint density at radius 1 is 0.314 bits per heavy atom. The molecule has 0 bridgehead atoms. The zero-order chi connectivity index (χ0) is 48.1. The van der Waals surface area contributed by atoms with Gasteiger partial charge in [0.05, 0.1) is 11.4 Å². The third-order valence-corrected chi connectivity index (χ3v) is 13.0. The monoisotopic (exact) mass is 904 g/mol. The highest BCUT2D eigenvalue weighted by atomic mass is 15.1. The number of anilines is 4. The van der Waals surface area contributed by atoms with Gasteiger partial charge in [-0.2, -0.15) is 0 Å². The van der Waals surface area contributed by atoms with Crippen LogP contribution >= 0.6 is 0 Å². The van der Waals surface area contributed by atoms with Gasteiger partial charge in [-0.25, -0.2) is 0 Å². The first kappa shape index (κ1) is 46.6. The van der Waals surface area contributed by atoms with Crippen LogP contribution in [0.15, 0.2) is 243 Å². The van der Waals surface area contributed by atoms with Crippen LogP contribution in [0.4, 0.5) is 22.7 Å². The minimum atomic E-state index is 0.938. The maximum Gasteiger partial charge on any atom is 0.0516 e. The minimum absolute atomic E-state index is 0.938. The third-order valence-electron chi connectivity index (χ3n) is 13.0. The Morgan fingerprint density at radius 2 is 0.586 bits per heavy atom. The van der Waals surface area contributed by atoms with E-state index in [0.29, 0.717) is 0 Å². The van der Waals surface area contributed by atoms with E-state index >= 15 is 0 Å². The van der Waals surface area contributed by atoms with Crippen LogP contribution in [0.2, 0.25) is 0 Å². The molecule has 0 amide bonds. The molecular weight excluding hydrogens is 845 g/mol. The first-order valence-corrected chi connectivity index (χ1v) is 24.5. The molecule has 0 aliphatic rings. The van der Waals surface area contributed by atoms with Gasteiger partial charge in [-0.05, 0) is 118 Å². The van der Waals surface area contributed by atoms with Crippen LogP contribution in [0.3, 0.4) is 0 Å². The van der Waals surface area contributed by atoms with Crippen LogP contribution in [0.25, 0.3) is 35.5 Å². The molecule has 0 saturated carbocycles. The fraction of sp³-hybridized carbons (Fsp3) is 0.0882. The quantitative estimate of drug-likeness (QED) is 0.0892. The fourth-order valence-corrected chi connectivity index (χ4v) is 9.19. The van der Waals surface area contributed by atoms with E-state index in [2.05, 4.69) is 305 Å². The van der Waals surface area contributed by atoms with Crippen LogP contribution in [0, 0.1) is 13.8 Å². The summed E-state index contributed by atoms with van der Waals surface area (Å²) in [4.78, 5) is 4.76. The summed E-state index contributed by atoms with van der Waals surface area (Å²) in [5, 5.41) is 0. The van der Waals surface area contributed by atoms with E-state index in [4.69, 9.17) is 0 Å². The summed E-state index contributed by atoms with van der Waals surface area (Å²) in [5.41, 5.74) is 21.4. The second-order valence-electron chi connectivity index (χ2n) is 17.7. The van der Waals surface area contributed by atoms with Gasteiger partial charge in [0.25, 0.3) is 0 Å². The summed E-state index contributed by atoms with van der Waals surface area (Å²) in [6, 6.07) is 82.6. The van der Waals surface area contributed by atoms with Gasteiger partial charge < -0.3 is 9.80 Å². The van der Waals surface area contributed by atoms with Crippen molar-refractivity contribution in [3.05, 3.63) is 310 Å². The standard InChI is InChI=1S/C68H60N2/c1-5-57-31-19-21-51(3)67(57)69(49-65(59-23-11-7-12-24-59)60-25-13-8-14-26-60)63-45-41-55(42-46-63)39-37-53-33-35-54(36-34-53)38-40-56-43-47-64(48-44-56)70(68-52(4)22-20-32-58(68)6-2)50-66(61-27-15-9-16-28-61)62-29-17-10-18-30-62/h7-50H,5-6H2,1-4H3/b39-37+,40-38+. The fourth-order valence-electron chi connectivity index (χ4n) is 9.19. The molecule has 0 heterocycles. The van der Waals surface area contributed by atoms with Crippen molar-refractivity contribution in [2.45, 2.75) is 40.5 Å². The van der Waals surface area contributed by atoms with E-state index in [1.807, 2.05) is 0 Å². The predicted molar refractivity (Wildman–Crippen MR) is 303 cm³/mol. The Bertz CT molecular complexity index is 2930. The largest absolute Gasteiger partial charge is 0.316 e. The summed E-state index contributed by atoms with van der Waals surface area (Å²) in [7, 11) is 0. The van der Waals surface area contributed by atoms with Gasteiger partial charge in [0.1, 0.15) is 0 Å². The normalized spacial score (nSPS) is 11.1. The van der Waals surface area contributed by atoms with E-state index in [0.717, 1.165) is 46.5 Å². The molecular formula is C68H60N2. The zero-order valence-electron chi connectivity index (χ0n) is 40.7.